The molecule has 0 bridgehead atoms. The predicted molar refractivity (Wildman–Crippen MR) is 65.6 cm³/mol. The van der Waals surface area contributed by atoms with Gasteiger partial charge in [0.2, 0.25) is 0 Å². The average Bonchev–Trinajstić information content (AvgIpc) is 2.35. The van der Waals surface area contributed by atoms with Gasteiger partial charge in [0.05, 0.1) is 13.2 Å². The lowest BCUT2D eigenvalue weighted by Crippen LogP contribution is -2.36. The topological polar surface area (TPSA) is 62.1 Å². The highest BCUT2D eigenvalue weighted by molar-refractivity contribution is 6.27. The standard InChI is InChI=1S/C12H22N2O3/c15-12(11-13-16)5-3-1-2-4-6-14-7-9-17-10-8-14/h11,16H,1-10H2/b13-11-. The van der Waals surface area contributed by atoms with Crippen LogP contribution in [0, 0.1) is 0 Å². The molecular weight excluding hydrogens is 220 g/mol. The maximum absolute atomic E-state index is 11.0. The van der Waals surface area contributed by atoms with Crippen molar-refractivity contribution in [2.45, 2.75) is 32.1 Å². The van der Waals surface area contributed by atoms with E-state index in [0.717, 1.165) is 58.3 Å². The second-order valence-electron chi connectivity index (χ2n) is 4.33. The van der Waals surface area contributed by atoms with E-state index in [2.05, 4.69) is 10.1 Å². The number of carbonyl (C=O) groups is 1. The summed E-state index contributed by atoms with van der Waals surface area (Å²) in [6, 6.07) is 0. The normalized spacial score (nSPS) is 17.6. The predicted octanol–water partition coefficient (Wildman–Crippen LogP) is 1.30. The van der Waals surface area contributed by atoms with Crippen LogP contribution < -0.4 is 0 Å². The summed E-state index contributed by atoms with van der Waals surface area (Å²) in [6.45, 7) is 4.94. The van der Waals surface area contributed by atoms with Crippen molar-refractivity contribution in [2.24, 2.45) is 5.16 Å². The van der Waals surface area contributed by atoms with Crippen LogP contribution in [0.4, 0.5) is 0 Å². The maximum atomic E-state index is 11.0. The number of rotatable bonds is 8. The third-order valence-corrected chi connectivity index (χ3v) is 2.95. The molecule has 1 aliphatic rings. The van der Waals surface area contributed by atoms with Crippen molar-refractivity contribution in [3.05, 3.63) is 0 Å². The van der Waals surface area contributed by atoms with Gasteiger partial charge in [-0.1, -0.05) is 18.0 Å². The van der Waals surface area contributed by atoms with Gasteiger partial charge in [-0.05, 0) is 19.4 Å². The number of hydrogen-bond acceptors (Lipinski definition) is 5. The minimum absolute atomic E-state index is 0.0966. The molecule has 98 valence electrons. The molecule has 1 N–H and O–H groups in total. The Morgan fingerprint density at radius 2 is 1.94 bits per heavy atom. The van der Waals surface area contributed by atoms with Crippen molar-refractivity contribution >= 4 is 12.0 Å². The fourth-order valence-electron chi connectivity index (χ4n) is 1.94. The first-order chi connectivity index (χ1) is 8.33. The first-order valence-corrected chi connectivity index (χ1v) is 6.33. The molecule has 0 aromatic rings. The third kappa shape index (κ3) is 7.07. The summed E-state index contributed by atoms with van der Waals surface area (Å²) in [5, 5.41) is 10.9. The van der Waals surface area contributed by atoms with Crippen molar-refractivity contribution in [1.82, 2.24) is 4.90 Å². The first kappa shape index (κ1) is 14.1. The van der Waals surface area contributed by atoms with Crippen molar-refractivity contribution in [1.29, 1.82) is 0 Å². The highest BCUT2D eigenvalue weighted by Gasteiger charge is 2.08. The number of Topliss-reactive ketones (excluding diaryl/α,β-unsaturated/α-hetero) is 1. The molecule has 0 unspecified atom stereocenters. The SMILES string of the molecule is O=C(/C=N\O)CCCCCCN1CCOCC1. The number of ether oxygens (including phenoxy) is 1. The fourth-order valence-corrected chi connectivity index (χ4v) is 1.94. The quantitative estimate of drug-likeness (QED) is 0.301. The van der Waals surface area contributed by atoms with Crippen LogP contribution in [0.15, 0.2) is 5.16 Å². The summed E-state index contributed by atoms with van der Waals surface area (Å²) in [5.74, 6) is -0.0966. The van der Waals surface area contributed by atoms with E-state index in [0.29, 0.717) is 6.42 Å². The molecule has 0 saturated carbocycles. The Morgan fingerprint density at radius 1 is 1.24 bits per heavy atom. The van der Waals surface area contributed by atoms with Crippen LogP contribution in [0.5, 0.6) is 0 Å². The molecule has 0 atom stereocenters. The summed E-state index contributed by atoms with van der Waals surface area (Å²) in [5.41, 5.74) is 0. The molecule has 0 aliphatic carbocycles. The molecule has 0 spiro atoms. The molecule has 1 aliphatic heterocycles. The number of oxime groups is 1. The van der Waals surface area contributed by atoms with Gasteiger partial charge in [-0.25, -0.2) is 0 Å². The van der Waals surface area contributed by atoms with Crippen molar-refractivity contribution in [3.63, 3.8) is 0 Å². The Morgan fingerprint density at radius 3 is 2.65 bits per heavy atom. The van der Waals surface area contributed by atoms with Crippen LogP contribution in [0.3, 0.4) is 0 Å². The highest BCUT2D eigenvalue weighted by atomic mass is 16.5. The summed E-state index contributed by atoms with van der Waals surface area (Å²) < 4.78 is 5.28. The van der Waals surface area contributed by atoms with Crippen LogP contribution in [-0.4, -0.2) is 55.0 Å². The van der Waals surface area contributed by atoms with E-state index in [9.17, 15) is 4.79 Å². The van der Waals surface area contributed by atoms with Crippen LogP contribution >= 0.6 is 0 Å². The number of nitrogens with zero attached hydrogens (tertiary/aromatic N) is 2. The highest BCUT2D eigenvalue weighted by Crippen LogP contribution is 2.05. The number of unbranched alkanes of at least 4 members (excludes halogenated alkanes) is 3. The molecule has 1 saturated heterocycles. The molecule has 0 amide bonds. The zero-order valence-electron chi connectivity index (χ0n) is 10.3. The molecule has 17 heavy (non-hydrogen) atoms. The Kier molecular flexibility index (Phi) is 7.58. The summed E-state index contributed by atoms with van der Waals surface area (Å²) in [6.07, 6.45) is 5.75. The largest absolute Gasteiger partial charge is 0.411 e. The van der Waals surface area contributed by atoms with Gasteiger partial charge in [0, 0.05) is 19.5 Å². The van der Waals surface area contributed by atoms with Crippen molar-refractivity contribution in [3.8, 4) is 0 Å². The molecule has 1 heterocycles. The van der Waals surface area contributed by atoms with Gasteiger partial charge in [-0.3, -0.25) is 9.69 Å². The second kappa shape index (κ2) is 9.13. The molecular formula is C12H22N2O3. The van der Waals surface area contributed by atoms with Gasteiger partial charge in [-0.2, -0.15) is 0 Å². The number of ketones is 1. The zero-order chi connectivity index (χ0) is 12.3. The van der Waals surface area contributed by atoms with Crippen molar-refractivity contribution in [2.75, 3.05) is 32.8 Å². The first-order valence-electron chi connectivity index (χ1n) is 6.33. The van der Waals surface area contributed by atoms with Crippen LogP contribution in [0.25, 0.3) is 0 Å². The minimum Gasteiger partial charge on any atom is -0.411 e. The lowest BCUT2D eigenvalue weighted by atomic mass is 10.1. The van der Waals surface area contributed by atoms with E-state index in [1.165, 1.54) is 6.42 Å². The zero-order valence-corrected chi connectivity index (χ0v) is 10.3. The van der Waals surface area contributed by atoms with Crippen LogP contribution in [-0.2, 0) is 9.53 Å². The summed E-state index contributed by atoms with van der Waals surface area (Å²) in [4.78, 5) is 13.4. The van der Waals surface area contributed by atoms with Gasteiger partial charge >= 0.3 is 0 Å². The number of morpholine rings is 1. The fraction of sp³-hybridized carbons (Fsp3) is 0.833. The molecule has 1 rings (SSSR count). The molecule has 5 heteroatoms. The van der Waals surface area contributed by atoms with E-state index in [1.807, 2.05) is 0 Å². The number of hydrogen-bond donors (Lipinski definition) is 1. The minimum atomic E-state index is -0.0966. The second-order valence-corrected chi connectivity index (χ2v) is 4.33. The number of carbonyl (C=O) groups excluding carboxylic acids is 1. The lowest BCUT2D eigenvalue weighted by molar-refractivity contribution is -0.112. The monoisotopic (exact) mass is 242 g/mol. The van der Waals surface area contributed by atoms with Gasteiger partial charge < -0.3 is 9.94 Å². The smallest absolute Gasteiger partial charge is 0.177 e. The summed E-state index contributed by atoms with van der Waals surface area (Å²) >= 11 is 0. The van der Waals surface area contributed by atoms with Gasteiger partial charge in [0.25, 0.3) is 0 Å². The third-order valence-electron chi connectivity index (χ3n) is 2.95. The molecule has 5 nitrogen and oxygen atoms in total. The molecule has 0 aromatic heterocycles. The van der Waals surface area contributed by atoms with E-state index in [1.54, 1.807) is 0 Å². The van der Waals surface area contributed by atoms with E-state index in [4.69, 9.17) is 9.94 Å². The molecule has 0 aromatic carbocycles. The molecule has 0 radical (unpaired) electrons. The van der Waals surface area contributed by atoms with E-state index < -0.39 is 0 Å². The Hall–Kier alpha value is -0.940. The average molecular weight is 242 g/mol. The van der Waals surface area contributed by atoms with Crippen LogP contribution in [0.2, 0.25) is 0 Å². The molecule has 1 fully saturated rings. The van der Waals surface area contributed by atoms with Gasteiger partial charge in [0.1, 0.15) is 6.21 Å². The van der Waals surface area contributed by atoms with Crippen LogP contribution in [0.1, 0.15) is 32.1 Å². The van der Waals surface area contributed by atoms with E-state index >= 15 is 0 Å². The van der Waals surface area contributed by atoms with Gasteiger partial charge in [0.15, 0.2) is 5.78 Å². The van der Waals surface area contributed by atoms with Gasteiger partial charge in [-0.15, -0.1) is 0 Å². The Labute approximate surface area is 102 Å². The maximum Gasteiger partial charge on any atom is 0.177 e. The Bertz CT molecular complexity index is 238. The lowest BCUT2D eigenvalue weighted by Gasteiger charge is -2.26. The van der Waals surface area contributed by atoms with Crippen molar-refractivity contribution < 1.29 is 14.7 Å². The van der Waals surface area contributed by atoms with E-state index in [-0.39, 0.29) is 5.78 Å². The summed E-state index contributed by atoms with van der Waals surface area (Å²) in [7, 11) is 0. The Balaban J connectivity index is 1.88.